The van der Waals surface area contributed by atoms with Gasteiger partial charge in [0.1, 0.15) is 0 Å². The van der Waals surface area contributed by atoms with E-state index in [-0.39, 0.29) is 29.0 Å². The van der Waals surface area contributed by atoms with Gasteiger partial charge in [-0.25, -0.2) is 8.42 Å². The van der Waals surface area contributed by atoms with Crippen LogP contribution in [-0.2, 0) is 14.6 Å². The Morgan fingerprint density at radius 2 is 2.00 bits per heavy atom. The van der Waals surface area contributed by atoms with Crippen molar-refractivity contribution in [2.24, 2.45) is 0 Å². The number of nitrogens with one attached hydrogen (secondary N) is 1. The van der Waals surface area contributed by atoms with Gasteiger partial charge in [0.05, 0.1) is 23.7 Å². The zero-order chi connectivity index (χ0) is 12.1. The standard InChI is InChI=1S/C11H18N2O3S/c14-10-11(4-1-2-5-11)12-8-13(10)9-3-6-17(15,16)7-9/h9,12H,1-8H2. The van der Waals surface area contributed by atoms with Crippen molar-refractivity contribution in [2.75, 3.05) is 18.2 Å². The number of rotatable bonds is 1. The SMILES string of the molecule is O=C1N(C2CCS(=O)(=O)C2)CNC12CCCC2. The van der Waals surface area contributed by atoms with E-state index < -0.39 is 9.84 Å². The zero-order valence-electron chi connectivity index (χ0n) is 9.81. The van der Waals surface area contributed by atoms with Crippen LogP contribution in [0.15, 0.2) is 0 Å². The van der Waals surface area contributed by atoms with Gasteiger partial charge in [-0.1, -0.05) is 12.8 Å². The smallest absolute Gasteiger partial charge is 0.244 e. The third-order valence-electron chi connectivity index (χ3n) is 4.36. The van der Waals surface area contributed by atoms with Crippen molar-refractivity contribution in [3.63, 3.8) is 0 Å². The molecule has 1 atom stereocenters. The fourth-order valence-corrected chi connectivity index (χ4v) is 5.07. The van der Waals surface area contributed by atoms with Crippen molar-refractivity contribution in [3.8, 4) is 0 Å². The number of amides is 1. The second-order valence-corrected chi connectivity index (χ2v) is 7.68. The second-order valence-electron chi connectivity index (χ2n) is 5.46. The molecule has 1 aliphatic carbocycles. The van der Waals surface area contributed by atoms with Gasteiger partial charge in [-0.2, -0.15) is 0 Å². The second kappa shape index (κ2) is 3.68. The van der Waals surface area contributed by atoms with E-state index in [4.69, 9.17) is 0 Å². The minimum absolute atomic E-state index is 0.0972. The molecule has 6 heteroatoms. The first kappa shape index (κ1) is 11.5. The Bertz CT molecular complexity index is 440. The van der Waals surface area contributed by atoms with Crippen LogP contribution in [0.2, 0.25) is 0 Å². The molecule has 1 saturated carbocycles. The quantitative estimate of drug-likeness (QED) is 0.712. The van der Waals surface area contributed by atoms with Gasteiger partial charge in [-0.05, 0) is 19.3 Å². The van der Waals surface area contributed by atoms with Crippen molar-refractivity contribution < 1.29 is 13.2 Å². The zero-order valence-corrected chi connectivity index (χ0v) is 10.6. The topological polar surface area (TPSA) is 66.5 Å². The molecule has 0 radical (unpaired) electrons. The number of nitrogens with zero attached hydrogens (tertiary/aromatic N) is 1. The van der Waals surface area contributed by atoms with Gasteiger partial charge < -0.3 is 4.90 Å². The normalized spacial score (nSPS) is 34.9. The third kappa shape index (κ3) is 1.78. The molecule has 1 amide bonds. The third-order valence-corrected chi connectivity index (χ3v) is 6.11. The molecule has 17 heavy (non-hydrogen) atoms. The maximum atomic E-state index is 12.4. The van der Waals surface area contributed by atoms with Crippen LogP contribution in [-0.4, -0.2) is 49.0 Å². The Morgan fingerprint density at radius 3 is 2.59 bits per heavy atom. The molecule has 1 N–H and O–H groups in total. The highest BCUT2D eigenvalue weighted by atomic mass is 32.2. The largest absolute Gasteiger partial charge is 0.324 e. The maximum Gasteiger partial charge on any atom is 0.244 e. The molecule has 0 aromatic carbocycles. The van der Waals surface area contributed by atoms with E-state index in [9.17, 15) is 13.2 Å². The first-order valence-corrected chi connectivity index (χ1v) is 8.11. The maximum absolute atomic E-state index is 12.4. The first-order chi connectivity index (χ1) is 8.03. The fraction of sp³-hybridized carbons (Fsp3) is 0.909. The van der Waals surface area contributed by atoms with Gasteiger partial charge in [-0.15, -0.1) is 0 Å². The monoisotopic (exact) mass is 258 g/mol. The number of hydrogen-bond donors (Lipinski definition) is 1. The molecule has 3 rings (SSSR count). The number of sulfone groups is 1. The van der Waals surface area contributed by atoms with Crippen molar-refractivity contribution in [2.45, 2.75) is 43.7 Å². The molecule has 2 saturated heterocycles. The lowest BCUT2D eigenvalue weighted by Gasteiger charge is -2.25. The summed E-state index contributed by atoms with van der Waals surface area (Å²) in [4.78, 5) is 14.2. The summed E-state index contributed by atoms with van der Waals surface area (Å²) in [5.74, 6) is 0.516. The number of carbonyl (C=O) groups is 1. The molecule has 5 nitrogen and oxygen atoms in total. The van der Waals surface area contributed by atoms with E-state index in [1.807, 2.05) is 0 Å². The van der Waals surface area contributed by atoms with Crippen LogP contribution >= 0.6 is 0 Å². The molecular weight excluding hydrogens is 240 g/mol. The molecule has 3 fully saturated rings. The average molecular weight is 258 g/mol. The molecule has 1 unspecified atom stereocenters. The fourth-order valence-electron chi connectivity index (χ4n) is 3.34. The van der Waals surface area contributed by atoms with Crippen LogP contribution in [0.4, 0.5) is 0 Å². The van der Waals surface area contributed by atoms with Crippen LogP contribution < -0.4 is 5.32 Å². The molecule has 0 aromatic heterocycles. The van der Waals surface area contributed by atoms with E-state index in [2.05, 4.69) is 5.32 Å². The number of carbonyl (C=O) groups excluding carboxylic acids is 1. The lowest BCUT2D eigenvalue weighted by atomic mass is 9.97. The highest BCUT2D eigenvalue weighted by molar-refractivity contribution is 7.91. The summed E-state index contributed by atoms with van der Waals surface area (Å²) in [5.41, 5.74) is -0.355. The molecule has 0 aromatic rings. The Hall–Kier alpha value is -0.620. The molecule has 96 valence electrons. The van der Waals surface area contributed by atoms with Crippen LogP contribution in [0.5, 0.6) is 0 Å². The average Bonchev–Trinajstić information content (AvgIpc) is 2.93. The van der Waals surface area contributed by atoms with Gasteiger partial charge in [0.15, 0.2) is 9.84 Å². The Morgan fingerprint density at radius 1 is 1.29 bits per heavy atom. The van der Waals surface area contributed by atoms with Crippen LogP contribution in [0.3, 0.4) is 0 Å². The Kier molecular flexibility index (Phi) is 2.49. The van der Waals surface area contributed by atoms with E-state index in [0.29, 0.717) is 13.1 Å². The van der Waals surface area contributed by atoms with E-state index >= 15 is 0 Å². The van der Waals surface area contributed by atoms with Crippen molar-refractivity contribution in [3.05, 3.63) is 0 Å². The van der Waals surface area contributed by atoms with Gasteiger partial charge in [-0.3, -0.25) is 10.1 Å². The highest BCUT2D eigenvalue weighted by Crippen LogP contribution is 2.36. The molecule has 3 aliphatic rings. The number of hydrogen-bond acceptors (Lipinski definition) is 4. The predicted octanol–water partition coefficient (Wildman–Crippen LogP) is -0.124. The van der Waals surface area contributed by atoms with Crippen molar-refractivity contribution in [1.29, 1.82) is 0 Å². The minimum Gasteiger partial charge on any atom is -0.324 e. The van der Waals surface area contributed by atoms with E-state index in [0.717, 1.165) is 25.7 Å². The predicted molar refractivity (Wildman–Crippen MR) is 63.1 cm³/mol. The summed E-state index contributed by atoms with van der Waals surface area (Å²) in [6.45, 7) is 0.527. The van der Waals surface area contributed by atoms with E-state index in [1.165, 1.54) is 0 Å². The van der Waals surface area contributed by atoms with Crippen LogP contribution in [0, 0.1) is 0 Å². The molecule has 0 bridgehead atoms. The molecule has 2 aliphatic heterocycles. The van der Waals surface area contributed by atoms with Crippen LogP contribution in [0.25, 0.3) is 0 Å². The highest BCUT2D eigenvalue weighted by Gasteiger charge is 2.50. The summed E-state index contributed by atoms with van der Waals surface area (Å²) >= 11 is 0. The summed E-state index contributed by atoms with van der Waals surface area (Å²) in [6, 6.07) is -0.0972. The van der Waals surface area contributed by atoms with Crippen molar-refractivity contribution >= 4 is 15.7 Å². The lowest BCUT2D eigenvalue weighted by Crippen LogP contribution is -2.45. The first-order valence-electron chi connectivity index (χ1n) is 6.29. The van der Waals surface area contributed by atoms with Crippen molar-refractivity contribution in [1.82, 2.24) is 10.2 Å². The summed E-state index contributed by atoms with van der Waals surface area (Å²) in [6.07, 6.45) is 4.60. The molecular formula is C11H18N2O3S. The minimum atomic E-state index is -2.91. The van der Waals surface area contributed by atoms with Gasteiger partial charge in [0.2, 0.25) is 5.91 Å². The Balaban J connectivity index is 1.77. The van der Waals surface area contributed by atoms with Gasteiger partial charge in [0, 0.05) is 6.04 Å². The molecule has 2 heterocycles. The lowest BCUT2D eigenvalue weighted by molar-refractivity contribution is -0.133. The van der Waals surface area contributed by atoms with Gasteiger partial charge >= 0.3 is 0 Å². The van der Waals surface area contributed by atoms with E-state index in [1.54, 1.807) is 4.90 Å². The van der Waals surface area contributed by atoms with Gasteiger partial charge in [0.25, 0.3) is 0 Å². The summed E-state index contributed by atoms with van der Waals surface area (Å²) < 4.78 is 22.9. The summed E-state index contributed by atoms with van der Waals surface area (Å²) in [7, 11) is -2.91. The summed E-state index contributed by atoms with van der Waals surface area (Å²) in [5, 5.41) is 3.32. The molecule has 1 spiro atoms. The van der Waals surface area contributed by atoms with Crippen LogP contribution in [0.1, 0.15) is 32.1 Å². The Labute approximate surface area is 101 Å².